The molecule has 0 aliphatic carbocycles. The molecule has 4 nitrogen and oxygen atoms in total. The van der Waals surface area contributed by atoms with Crippen LogP contribution in [0.2, 0.25) is 0 Å². The Kier molecular flexibility index (Phi) is 5.98. The molecule has 116 valence electrons. The normalized spacial score (nSPS) is 11.8. The molecule has 2 amide bonds. The molecule has 0 bridgehead atoms. The van der Waals surface area contributed by atoms with Crippen LogP contribution in [0, 0.1) is 6.92 Å². The van der Waals surface area contributed by atoms with Gasteiger partial charge in [-0.2, -0.15) is 0 Å². The number of hydrogen-bond donors (Lipinski definition) is 3. The molecule has 0 fully saturated rings. The lowest BCUT2D eigenvalue weighted by Gasteiger charge is -2.17. The Labute approximate surface area is 138 Å². The van der Waals surface area contributed by atoms with Crippen LogP contribution in [-0.4, -0.2) is 23.8 Å². The number of carbonyl (C=O) groups excluding carboxylic acids is 1. The summed E-state index contributed by atoms with van der Waals surface area (Å²) < 4.78 is 0.938. The molecule has 1 atom stereocenters. The monoisotopic (exact) mass is 362 g/mol. The van der Waals surface area contributed by atoms with E-state index in [1.54, 1.807) is 0 Å². The van der Waals surface area contributed by atoms with E-state index in [1.165, 1.54) is 0 Å². The molecule has 3 N–H and O–H groups in total. The summed E-state index contributed by atoms with van der Waals surface area (Å²) >= 11 is 3.43. The van der Waals surface area contributed by atoms with E-state index in [4.69, 9.17) is 0 Å². The molecular formula is C17H19BrN2O2. The zero-order valence-electron chi connectivity index (χ0n) is 12.3. The van der Waals surface area contributed by atoms with Crippen molar-refractivity contribution < 1.29 is 9.90 Å². The highest BCUT2D eigenvalue weighted by Gasteiger charge is 2.12. The van der Waals surface area contributed by atoms with E-state index in [9.17, 15) is 9.90 Å². The summed E-state index contributed by atoms with van der Waals surface area (Å²) in [7, 11) is 0. The minimum absolute atomic E-state index is 0.111. The van der Waals surface area contributed by atoms with Gasteiger partial charge in [0, 0.05) is 10.2 Å². The van der Waals surface area contributed by atoms with Crippen LogP contribution in [-0.2, 0) is 6.42 Å². The van der Waals surface area contributed by atoms with Crippen molar-refractivity contribution in [2.75, 3.05) is 11.9 Å². The van der Waals surface area contributed by atoms with Gasteiger partial charge in [-0.3, -0.25) is 0 Å². The SMILES string of the molecule is Cc1ccc(NC(=O)NC(CO)Cc2ccccc2)cc1Br. The Morgan fingerprint density at radius 3 is 2.59 bits per heavy atom. The number of amides is 2. The molecule has 2 aromatic rings. The van der Waals surface area contributed by atoms with Crippen molar-refractivity contribution in [2.45, 2.75) is 19.4 Å². The number of aliphatic hydroxyl groups is 1. The molecular weight excluding hydrogens is 344 g/mol. The number of rotatable bonds is 5. The molecule has 1 unspecified atom stereocenters. The van der Waals surface area contributed by atoms with Crippen LogP contribution in [0.3, 0.4) is 0 Å². The minimum atomic E-state index is -0.328. The predicted molar refractivity (Wildman–Crippen MR) is 92.1 cm³/mol. The van der Waals surface area contributed by atoms with E-state index in [0.717, 1.165) is 15.6 Å². The van der Waals surface area contributed by atoms with Crippen LogP contribution >= 0.6 is 15.9 Å². The fraction of sp³-hybridized carbons (Fsp3) is 0.235. The molecule has 0 saturated carbocycles. The first-order valence-electron chi connectivity index (χ1n) is 7.07. The second-order valence-corrected chi connectivity index (χ2v) is 5.99. The summed E-state index contributed by atoms with van der Waals surface area (Å²) in [6, 6.07) is 14.7. The topological polar surface area (TPSA) is 61.4 Å². The molecule has 22 heavy (non-hydrogen) atoms. The Hall–Kier alpha value is -1.85. The highest BCUT2D eigenvalue weighted by molar-refractivity contribution is 9.10. The number of nitrogens with one attached hydrogen (secondary N) is 2. The largest absolute Gasteiger partial charge is 0.394 e. The lowest BCUT2D eigenvalue weighted by Crippen LogP contribution is -2.41. The third kappa shape index (κ3) is 4.86. The molecule has 0 aliphatic heterocycles. The molecule has 5 heteroatoms. The third-order valence-corrected chi connectivity index (χ3v) is 4.16. The van der Waals surface area contributed by atoms with E-state index in [0.29, 0.717) is 12.1 Å². The summed E-state index contributed by atoms with van der Waals surface area (Å²) in [4.78, 5) is 12.0. The number of urea groups is 1. The van der Waals surface area contributed by atoms with Gasteiger partial charge in [0.15, 0.2) is 0 Å². The Morgan fingerprint density at radius 2 is 1.95 bits per heavy atom. The fourth-order valence-electron chi connectivity index (χ4n) is 2.08. The number of benzene rings is 2. The summed E-state index contributed by atoms with van der Waals surface area (Å²) in [6.07, 6.45) is 0.586. The van der Waals surface area contributed by atoms with Crippen molar-refractivity contribution in [1.29, 1.82) is 0 Å². The van der Waals surface area contributed by atoms with Crippen molar-refractivity contribution in [3.05, 3.63) is 64.1 Å². The summed E-state index contributed by atoms with van der Waals surface area (Å²) in [5.41, 5.74) is 2.87. The van der Waals surface area contributed by atoms with Crippen LogP contribution in [0.25, 0.3) is 0 Å². The number of hydrogen-bond acceptors (Lipinski definition) is 2. The molecule has 0 radical (unpaired) electrons. The van der Waals surface area contributed by atoms with Crippen molar-refractivity contribution >= 4 is 27.6 Å². The molecule has 0 aromatic heterocycles. The van der Waals surface area contributed by atoms with E-state index >= 15 is 0 Å². The average molecular weight is 363 g/mol. The highest BCUT2D eigenvalue weighted by Crippen LogP contribution is 2.20. The van der Waals surface area contributed by atoms with Crippen molar-refractivity contribution in [3.8, 4) is 0 Å². The van der Waals surface area contributed by atoms with Crippen LogP contribution < -0.4 is 10.6 Å². The maximum absolute atomic E-state index is 12.0. The Bertz CT molecular complexity index is 632. The first-order chi connectivity index (χ1) is 10.6. The maximum atomic E-state index is 12.0. The van der Waals surface area contributed by atoms with E-state index in [-0.39, 0.29) is 18.7 Å². The van der Waals surface area contributed by atoms with E-state index < -0.39 is 0 Å². The van der Waals surface area contributed by atoms with Crippen molar-refractivity contribution in [3.63, 3.8) is 0 Å². The first kappa shape index (κ1) is 16.5. The zero-order valence-corrected chi connectivity index (χ0v) is 13.9. The van der Waals surface area contributed by atoms with Crippen LogP contribution in [0.4, 0.5) is 10.5 Å². The molecule has 0 aliphatic rings. The van der Waals surface area contributed by atoms with Gasteiger partial charge in [-0.15, -0.1) is 0 Å². The highest BCUT2D eigenvalue weighted by atomic mass is 79.9. The second-order valence-electron chi connectivity index (χ2n) is 5.13. The summed E-state index contributed by atoms with van der Waals surface area (Å²) in [6.45, 7) is 1.87. The third-order valence-electron chi connectivity index (χ3n) is 3.31. The van der Waals surface area contributed by atoms with Gasteiger partial charge in [-0.1, -0.05) is 52.3 Å². The van der Waals surface area contributed by atoms with Crippen molar-refractivity contribution in [1.82, 2.24) is 5.32 Å². The number of halogens is 1. The van der Waals surface area contributed by atoms with Gasteiger partial charge < -0.3 is 15.7 Å². The molecule has 0 saturated heterocycles. The average Bonchev–Trinajstić information content (AvgIpc) is 2.51. The van der Waals surface area contributed by atoms with Gasteiger partial charge in [-0.05, 0) is 36.6 Å². The molecule has 2 aromatic carbocycles. The number of anilines is 1. The lowest BCUT2D eigenvalue weighted by atomic mass is 10.1. The van der Waals surface area contributed by atoms with Gasteiger partial charge in [0.2, 0.25) is 0 Å². The molecule has 2 rings (SSSR count). The summed E-state index contributed by atoms with van der Waals surface area (Å²) in [5, 5.41) is 15.0. The molecule has 0 heterocycles. The smallest absolute Gasteiger partial charge is 0.319 e. The van der Waals surface area contributed by atoms with E-state index in [1.807, 2.05) is 55.5 Å². The number of carbonyl (C=O) groups is 1. The van der Waals surface area contributed by atoms with Gasteiger partial charge in [0.25, 0.3) is 0 Å². The van der Waals surface area contributed by atoms with Gasteiger partial charge in [0.05, 0.1) is 12.6 Å². The standard InChI is InChI=1S/C17H19BrN2O2/c1-12-7-8-14(10-16(12)18)19-17(22)20-15(11-21)9-13-5-3-2-4-6-13/h2-8,10,15,21H,9,11H2,1H3,(H2,19,20,22). The van der Waals surface area contributed by atoms with Gasteiger partial charge in [0.1, 0.15) is 0 Å². The van der Waals surface area contributed by atoms with E-state index in [2.05, 4.69) is 26.6 Å². The maximum Gasteiger partial charge on any atom is 0.319 e. The quantitative estimate of drug-likeness (QED) is 0.762. The minimum Gasteiger partial charge on any atom is -0.394 e. The lowest BCUT2D eigenvalue weighted by molar-refractivity contribution is 0.224. The predicted octanol–water partition coefficient (Wildman–Crippen LogP) is 3.48. The first-order valence-corrected chi connectivity index (χ1v) is 7.86. The Balaban J connectivity index is 1.93. The van der Waals surface area contributed by atoms with Gasteiger partial charge >= 0.3 is 6.03 Å². The van der Waals surface area contributed by atoms with Crippen LogP contribution in [0.5, 0.6) is 0 Å². The van der Waals surface area contributed by atoms with Crippen molar-refractivity contribution in [2.24, 2.45) is 0 Å². The van der Waals surface area contributed by atoms with Crippen LogP contribution in [0.15, 0.2) is 53.0 Å². The van der Waals surface area contributed by atoms with Gasteiger partial charge in [-0.25, -0.2) is 4.79 Å². The number of aliphatic hydroxyl groups excluding tert-OH is 1. The fourth-order valence-corrected chi connectivity index (χ4v) is 2.46. The Morgan fingerprint density at radius 1 is 1.23 bits per heavy atom. The van der Waals surface area contributed by atoms with Crippen LogP contribution in [0.1, 0.15) is 11.1 Å². The number of aryl methyl sites for hydroxylation is 1. The summed E-state index contributed by atoms with van der Waals surface area (Å²) in [5.74, 6) is 0. The zero-order chi connectivity index (χ0) is 15.9. The molecule has 0 spiro atoms. The second kappa shape index (κ2) is 7.96.